The standard InChI is InChI=1S/C42H77NO27/c1-16(2)37-35(60)38(70-42-34(59)32(57)28(53)21(12-46)68-42)30(55)23(65-37)15-63-41-36(61)39(29(54)22(13-47)67-41)69-24-9-43(8-17(10-44)64-24)7-5-3-4-6-18(48)25(50)26(51)19(49)14-62-40-33(58)31(56)27(52)20(11-45)66-40/h16-42,44-61H,3-15H2,1-2H3. The van der Waals surface area contributed by atoms with Crippen molar-refractivity contribution in [2.24, 2.45) is 5.92 Å². The normalized spacial score (nSPS) is 44.0. The molecule has 0 aliphatic carbocycles. The van der Waals surface area contributed by atoms with E-state index < -0.39 is 205 Å². The van der Waals surface area contributed by atoms with Crippen molar-refractivity contribution in [1.29, 1.82) is 0 Å². The minimum atomic E-state index is -1.90. The average molecular weight is 1030 g/mol. The largest absolute Gasteiger partial charge is 0.394 e. The molecule has 28 nitrogen and oxygen atoms in total. The summed E-state index contributed by atoms with van der Waals surface area (Å²) in [5.41, 5.74) is 0. The summed E-state index contributed by atoms with van der Waals surface area (Å²) in [6.07, 6.45) is -38.9. The lowest BCUT2D eigenvalue weighted by atomic mass is 9.89. The maximum absolute atomic E-state index is 11.5. The Kier molecular flexibility index (Phi) is 23.6. The molecule has 26 atom stereocenters. The van der Waals surface area contributed by atoms with Gasteiger partial charge in [-0.1, -0.05) is 26.7 Å². The first-order chi connectivity index (χ1) is 33.2. The Morgan fingerprint density at radius 1 is 0.486 bits per heavy atom. The van der Waals surface area contributed by atoms with E-state index in [2.05, 4.69) is 0 Å². The molecule has 5 rings (SSSR count). The second-order valence-corrected chi connectivity index (χ2v) is 18.9. The van der Waals surface area contributed by atoms with Crippen LogP contribution in [0, 0.1) is 5.92 Å². The Hall–Kier alpha value is -1.12. The van der Waals surface area contributed by atoms with E-state index in [1.807, 2.05) is 4.90 Å². The van der Waals surface area contributed by atoms with Crippen molar-refractivity contribution < 1.29 is 135 Å². The van der Waals surface area contributed by atoms with Crippen LogP contribution in [0.4, 0.5) is 0 Å². The van der Waals surface area contributed by atoms with Crippen molar-refractivity contribution >= 4 is 0 Å². The van der Waals surface area contributed by atoms with Gasteiger partial charge in [0.05, 0.1) is 58.0 Å². The molecule has 0 aromatic rings. The molecule has 28 heteroatoms. The summed E-state index contributed by atoms with van der Waals surface area (Å²) in [5.74, 6) is -0.395. The third-order valence-electron chi connectivity index (χ3n) is 13.4. The number of unbranched alkanes of at least 4 members (excludes halogenated alkanes) is 2. The van der Waals surface area contributed by atoms with Crippen LogP contribution in [0.15, 0.2) is 0 Å². The second-order valence-electron chi connectivity index (χ2n) is 18.9. The van der Waals surface area contributed by atoms with Gasteiger partial charge in [0.25, 0.3) is 0 Å². The summed E-state index contributed by atoms with van der Waals surface area (Å²) in [6, 6.07) is 0. The Labute approximate surface area is 403 Å². The van der Waals surface area contributed by atoms with Gasteiger partial charge < -0.3 is 135 Å². The Bertz CT molecular complexity index is 1490. The van der Waals surface area contributed by atoms with E-state index in [0.717, 1.165) is 0 Å². The zero-order valence-electron chi connectivity index (χ0n) is 39.0. The number of hydrogen-bond acceptors (Lipinski definition) is 28. The topological polar surface area (TPSA) is 450 Å². The van der Waals surface area contributed by atoms with Crippen molar-refractivity contribution in [2.75, 3.05) is 59.3 Å². The number of ether oxygens (including phenoxy) is 9. The monoisotopic (exact) mass is 1030 g/mol. The predicted molar refractivity (Wildman–Crippen MR) is 227 cm³/mol. The summed E-state index contributed by atoms with van der Waals surface area (Å²) >= 11 is 0. The molecule has 0 aromatic carbocycles. The van der Waals surface area contributed by atoms with Crippen LogP contribution in [0.2, 0.25) is 0 Å². The van der Waals surface area contributed by atoms with Crippen molar-refractivity contribution in [3.05, 3.63) is 0 Å². The predicted octanol–water partition coefficient (Wildman–Crippen LogP) is -10.0. The van der Waals surface area contributed by atoms with Crippen LogP contribution in [0.1, 0.15) is 39.5 Å². The molecule has 0 saturated carbocycles. The molecule has 18 N–H and O–H groups in total. The molecule has 5 heterocycles. The number of aliphatic hydroxyl groups excluding tert-OH is 18. The number of aliphatic hydroxyl groups is 18. The number of nitrogens with zero attached hydrogens (tertiary/aromatic N) is 1. The fourth-order valence-electron chi connectivity index (χ4n) is 9.09. The maximum Gasteiger partial charge on any atom is 0.187 e. The molecule has 5 aliphatic rings. The van der Waals surface area contributed by atoms with Crippen LogP contribution >= 0.6 is 0 Å². The van der Waals surface area contributed by atoms with Crippen LogP contribution < -0.4 is 0 Å². The molecular weight excluding hydrogens is 950 g/mol. The van der Waals surface area contributed by atoms with Gasteiger partial charge in [0.1, 0.15) is 116 Å². The fraction of sp³-hybridized carbons (Fsp3) is 1.00. The van der Waals surface area contributed by atoms with E-state index in [-0.39, 0.29) is 19.5 Å². The van der Waals surface area contributed by atoms with Gasteiger partial charge in [0.2, 0.25) is 0 Å². The quantitative estimate of drug-likeness (QED) is 0.0399. The number of hydrogen-bond donors (Lipinski definition) is 18. The highest BCUT2D eigenvalue weighted by Crippen LogP contribution is 2.34. The van der Waals surface area contributed by atoms with E-state index in [9.17, 15) is 91.9 Å². The van der Waals surface area contributed by atoms with E-state index in [0.29, 0.717) is 25.8 Å². The number of morpholine rings is 1. The summed E-state index contributed by atoms with van der Waals surface area (Å²) in [7, 11) is 0. The highest BCUT2D eigenvalue weighted by atomic mass is 16.7. The summed E-state index contributed by atoms with van der Waals surface area (Å²) in [4.78, 5) is 1.88. The van der Waals surface area contributed by atoms with Crippen LogP contribution in [0.25, 0.3) is 0 Å². The molecule has 5 saturated heterocycles. The van der Waals surface area contributed by atoms with Crippen LogP contribution in [-0.2, 0) is 42.6 Å². The third kappa shape index (κ3) is 14.6. The van der Waals surface area contributed by atoms with Crippen LogP contribution in [0.5, 0.6) is 0 Å². The van der Waals surface area contributed by atoms with Crippen LogP contribution in [-0.4, -0.2) is 316 Å². The fourth-order valence-corrected chi connectivity index (χ4v) is 9.09. The first kappa shape index (κ1) is 59.8. The molecule has 412 valence electrons. The lowest BCUT2D eigenvalue weighted by Gasteiger charge is -2.48. The smallest absolute Gasteiger partial charge is 0.187 e. The minimum Gasteiger partial charge on any atom is -0.394 e. The SMILES string of the molecule is CC(C)C1OC(COC2OC(CO)C(O)C(OC3CN(CCCCCC(O)C(O)C(O)C(O)COC4OC(CO)C(O)C(O)C4O)CC(CO)O3)C2O)C(O)C(OC2OC(CO)C(O)C(O)C2O)C1O. The zero-order chi connectivity index (χ0) is 51.7. The van der Waals surface area contributed by atoms with E-state index in [4.69, 9.17) is 42.6 Å². The highest BCUT2D eigenvalue weighted by Gasteiger charge is 2.53. The van der Waals surface area contributed by atoms with Gasteiger partial charge in [0, 0.05) is 13.1 Å². The molecule has 0 spiro atoms. The molecule has 5 aliphatic heterocycles. The molecule has 26 unspecified atom stereocenters. The van der Waals surface area contributed by atoms with E-state index in [1.54, 1.807) is 13.8 Å². The maximum atomic E-state index is 11.5. The van der Waals surface area contributed by atoms with E-state index in [1.165, 1.54) is 0 Å². The summed E-state index contributed by atoms with van der Waals surface area (Å²) in [5, 5.41) is 187. The second kappa shape index (κ2) is 27.6. The molecule has 0 bridgehead atoms. The molecule has 0 radical (unpaired) electrons. The van der Waals surface area contributed by atoms with Gasteiger partial charge in [-0.2, -0.15) is 0 Å². The van der Waals surface area contributed by atoms with E-state index >= 15 is 0 Å². The van der Waals surface area contributed by atoms with Crippen molar-refractivity contribution in [3.8, 4) is 0 Å². The van der Waals surface area contributed by atoms with Gasteiger partial charge in [-0.15, -0.1) is 0 Å². The first-order valence-electron chi connectivity index (χ1n) is 23.7. The first-order valence-corrected chi connectivity index (χ1v) is 23.7. The Morgan fingerprint density at radius 3 is 1.60 bits per heavy atom. The van der Waals surface area contributed by atoms with Gasteiger partial charge in [-0.25, -0.2) is 0 Å². The molecule has 70 heavy (non-hydrogen) atoms. The van der Waals surface area contributed by atoms with Crippen molar-refractivity contribution in [2.45, 2.75) is 199 Å². The van der Waals surface area contributed by atoms with Gasteiger partial charge in [-0.3, -0.25) is 4.90 Å². The molecular formula is C42H77NO27. The van der Waals surface area contributed by atoms with Crippen molar-refractivity contribution in [1.82, 2.24) is 4.90 Å². The van der Waals surface area contributed by atoms with Gasteiger partial charge in [-0.05, 0) is 25.3 Å². The number of rotatable bonds is 24. The zero-order valence-corrected chi connectivity index (χ0v) is 39.0. The lowest BCUT2D eigenvalue weighted by Crippen LogP contribution is -2.65. The molecule has 5 fully saturated rings. The minimum absolute atomic E-state index is 0.00398. The Balaban J connectivity index is 1.10. The summed E-state index contributed by atoms with van der Waals surface area (Å²) in [6.45, 7) is 0.239. The molecule has 0 aromatic heterocycles. The Morgan fingerprint density at radius 2 is 1.01 bits per heavy atom. The lowest BCUT2D eigenvalue weighted by molar-refractivity contribution is -0.354. The van der Waals surface area contributed by atoms with Gasteiger partial charge in [0.15, 0.2) is 25.2 Å². The molecule has 0 amide bonds. The third-order valence-corrected chi connectivity index (χ3v) is 13.4. The summed E-state index contributed by atoms with van der Waals surface area (Å²) < 4.78 is 51.1. The highest BCUT2D eigenvalue weighted by molar-refractivity contribution is 4.98. The van der Waals surface area contributed by atoms with Crippen LogP contribution in [0.3, 0.4) is 0 Å². The average Bonchev–Trinajstić information content (AvgIpc) is 3.34. The van der Waals surface area contributed by atoms with Gasteiger partial charge >= 0.3 is 0 Å². The van der Waals surface area contributed by atoms with Crippen molar-refractivity contribution in [3.63, 3.8) is 0 Å².